The zero-order valence-corrected chi connectivity index (χ0v) is 11.5. The van der Waals surface area contributed by atoms with Crippen molar-refractivity contribution < 1.29 is 17.9 Å². The molecule has 2 aromatic carbocycles. The maximum absolute atomic E-state index is 12.2. The number of benzene rings is 2. The zero-order chi connectivity index (χ0) is 15.0. The lowest BCUT2D eigenvalue weighted by Gasteiger charge is -2.13. The van der Waals surface area contributed by atoms with Crippen LogP contribution in [0.1, 0.15) is 17.2 Å². The van der Waals surface area contributed by atoms with Crippen molar-refractivity contribution in [2.75, 3.05) is 5.32 Å². The largest absolute Gasteiger partial charge is 0.573 e. The standard InChI is InChI=1S/C15H11ClF3NO/c16-12-4-2-1-3-11(12)14-8-9-7-10(21-15(17,18)19)5-6-13(9)20-14/h1-7,14,20H,8H2. The van der Waals surface area contributed by atoms with Crippen LogP contribution in [0.4, 0.5) is 18.9 Å². The van der Waals surface area contributed by atoms with Gasteiger partial charge in [0.25, 0.3) is 0 Å². The number of nitrogens with one attached hydrogen (secondary N) is 1. The predicted molar refractivity (Wildman–Crippen MR) is 74.6 cm³/mol. The third-order valence-electron chi connectivity index (χ3n) is 3.34. The zero-order valence-electron chi connectivity index (χ0n) is 10.7. The SMILES string of the molecule is FC(F)(F)Oc1ccc2c(c1)CC(c1ccccc1Cl)N2. The van der Waals surface area contributed by atoms with E-state index in [0.717, 1.165) is 16.8 Å². The molecule has 0 saturated carbocycles. The lowest BCUT2D eigenvalue weighted by Crippen LogP contribution is -2.17. The molecule has 3 rings (SSSR count). The van der Waals surface area contributed by atoms with E-state index in [1.807, 2.05) is 18.2 Å². The number of alkyl halides is 3. The average molecular weight is 314 g/mol. The molecule has 0 bridgehead atoms. The Kier molecular flexibility index (Phi) is 3.45. The van der Waals surface area contributed by atoms with E-state index in [0.29, 0.717) is 11.4 Å². The Bertz CT molecular complexity index is 672. The summed E-state index contributed by atoms with van der Waals surface area (Å²) in [6.45, 7) is 0. The summed E-state index contributed by atoms with van der Waals surface area (Å²) in [7, 11) is 0. The molecule has 1 aliphatic rings. The van der Waals surface area contributed by atoms with Crippen LogP contribution >= 0.6 is 11.6 Å². The summed E-state index contributed by atoms with van der Waals surface area (Å²) in [5.74, 6) is -0.206. The van der Waals surface area contributed by atoms with E-state index >= 15 is 0 Å². The molecule has 110 valence electrons. The normalized spacial score (nSPS) is 17.2. The number of hydrogen-bond donors (Lipinski definition) is 1. The minimum atomic E-state index is -4.68. The van der Waals surface area contributed by atoms with Crippen LogP contribution in [0.5, 0.6) is 5.75 Å². The minimum Gasteiger partial charge on any atom is -0.406 e. The van der Waals surface area contributed by atoms with Crippen LogP contribution in [0.25, 0.3) is 0 Å². The fourth-order valence-corrected chi connectivity index (χ4v) is 2.75. The van der Waals surface area contributed by atoms with Crippen LogP contribution < -0.4 is 10.1 Å². The van der Waals surface area contributed by atoms with Crippen molar-refractivity contribution in [3.8, 4) is 5.75 Å². The molecule has 1 atom stereocenters. The molecule has 0 amide bonds. The highest BCUT2D eigenvalue weighted by atomic mass is 35.5. The molecular formula is C15H11ClF3NO. The molecule has 2 aromatic rings. The van der Waals surface area contributed by atoms with E-state index in [-0.39, 0.29) is 11.8 Å². The van der Waals surface area contributed by atoms with Crippen molar-refractivity contribution in [1.29, 1.82) is 0 Å². The molecule has 1 N–H and O–H groups in total. The number of fused-ring (bicyclic) bond motifs is 1. The fraction of sp³-hybridized carbons (Fsp3) is 0.200. The minimum absolute atomic E-state index is 0.0464. The van der Waals surface area contributed by atoms with Crippen LogP contribution in [0, 0.1) is 0 Å². The van der Waals surface area contributed by atoms with Gasteiger partial charge in [0.15, 0.2) is 0 Å². The molecule has 1 aliphatic heterocycles. The third-order valence-corrected chi connectivity index (χ3v) is 3.69. The number of anilines is 1. The molecule has 1 unspecified atom stereocenters. The second-order valence-electron chi connectivity index (χ2n) is 4.79. The van der Waals surface area contributed by atoms with E-state index < -0.39 is 6.36 Å². The van der Waals surface area contributed by atoms with Gasteiger partial charge in [-0.25, -0.2) is 0 Å². The highest BCUT2D eigenvalue weighted by Gasteiger charge is 2.32. The second-order valence-corrected chi connectivity index (χ2v) is 5.20. The van der Waals surface area contributed by atoms with Crippen LogP contribution in [0.15, 0.2) is 42.5 Å². The van der Waals surface area contributed by atoms with E-state index in [2.05, 4.69) is 10.1 Å². The average Bonchev–Trinajstić information content (AvgIpc) is 2.80. The Labute approximate surface area is 124 Å². The van der Waals surface area contributed by atoms with Crippen LogP contribution in [-0.4, -0.2) is 6.36 Å². The van der Waals surface area contributed by atoms with Gasteiger partial charge in [-0.2, -0.15) is 0 Å². The summed E-state index contributed by atoms with van der Waals surface area (Å²) < 4.78 is 40.6. The first-order chi connectivity index (χ1) is 9.92. The van der Waals surface area contributed by atoms with Gasteiger partial charge in [-0.1, -0.05) is 29.8 Å². The molecule has 1 heterocycles. The van der Waals surface area contributed by atoms with Crippen LogP contribution in [0.3, 0.4) is 0 Å². The summed E-state index contributed by atoms with van der Waals surface area (Å²) in [5.41, 5.74) is 2.50. The highest BCUT2D eigenvalue weighted by molar-refractivity contribution is 6.31. The number of halogens is 4. The van der Waals surface area contributed by atoms with E-state index in [1.165, 1.54) is 12.1 Å². The smallest absolute Gasteiger partial charge is 0.406 e. The fourth-order valence-electron chi connectivity index (χ4n) is 2.48. The Morgan fingerprint density at radius 1 is 1.14 bits per heavy atom. The van der Waals surface area contributed by atoms with E-state index in [1.54, 1.807) is 12.1 Å². The van der Waals surface area contributed by atoms with Gasteiger partial charge in [-0.3, -0.25) is 0 Å². The Morgan fingerprint density at radius 3 is 2.62 bits per heavy atom. The number of ether oxygens (including phenoxy) is 1. The molecule has 6 heteroatoms. The summed E-state index contributed by atoms with van der Waals surface area (Å²) in [4.78, 5) is 0. The second kappa shape index (κ2) is 5.15. The maximum atomic E-state index is 12.2. The van der Waals surface area contributed by atoms with E-state index in [4.69, 9.17) is 11.6 Å². The lowest BCUT2D eigenvalue weighted by molar-refractivity contribution is -0.274. The van der Waals surface area contributed by atoms with Gasteiger partial charge >= 0.3 is 6.36 Å². The molecule has 0 radical (unpaired) electrons. The number of rotatable bonds is 2. The predicted octanol–water partition coefficient (Wildman–Crippen LogP) is 4.95. The summed E-state index contributed by atoms with van der Waals surface area (Å²) in [5, 5.41) is 3.89. The monoisotopic (exact) mass is 313 g/mol. The van der Waals surface area contributed by atoms with E-state index in [9.17, 15) is 13.2 Å². The summed E-state index contributed by atoms with van der Waals surface area (Å²) in [6, 6.07) is 11.7. The topological polar surface area (TPSA) is 21.3 Å². The van der Waals surface area contributed by atoms with Gasteiger partial charge < -0.3 is 10.1 Å². The molecule has 21 heavy (non-hydrogen) atoms. The van der Waals surface area contributed by atoms with Gasteiger partial charge in [0.2, 0.25) is 0 Å². The van der Waals surface area contributed by atoms with Crippen LogP contribution in [0.2, 0.25) is 5.02 Å². The lowest BCUT2D eigenvalue weighted by atomic mass is 10.0. The third kappa shape index (κ3) is 3.08. The molecular weight excluding hydrogens is 303 g/mol. The van der Waals surface area contributed by atoms with Crippen molar-refractivity contribution >= 4 is 17.3 Å². The molecule has 2 nitrogen and oxygen atoms in total. The van der Waals surface area contributed by atoms with Crippen molar-refractivity contribution in [2.24, 2.45) is 0 Å². The maximum Gasteiger partial charge on any atom is 0.573 e. The van der Waals surface area contributed by atoms with Crippen molar-refractivity contribution in [3.63, 3.8) is 0 Å². The number of hydrogen-bond acceptors (Lipinski definition) is 2. The van der Waals surface area contributed by atoms with Crippen molar-refractivity contribution in [3.05, 3.63) is 58.6 Å². The Balaban J connectivity index is 1.83. The quantitative estimate of drug-likeness (QED) is 0.847. The van der Waals surface area contributed by atoms with Gasteiger partial charge in [0.05, 0.1) is 6.04 Å². The molecule has 0 spiro atoms. The first kappa shape index (κ1) is 14.1. The Hall–Kier alpha value is -1.88. The first-order valence-corrected chi connectivity index (χ1v) is 6.70. The van der Waals surface area contributed by atoms with Crippen molar-refractivity contribution in [2.45, 2.75) is 18.8 Å². The van der Waals surface area contributed by atoms with Gasteiger partial charge in [-0.05, 0) is 41.8 Å². The molecule has 0 saturated heterocycles. The summed E-state index contributed by atoms with van der Waals surface area (Å²) >= 11 is 6.15. The van der Waals surface area contributed by atoms with Gasteiger partial charge in [-0.15, -0.1) is 13.2 Å². The van der Waals surface area contributed by atoms with Crippen LogP contribution in [-0.2, 0) is 6.42 Å². The van der Waals surface area contributed by atoms with Crippen molar-refractivity contribution in [1.82, 2.24) is 0 Å². The molecule has 0 fully saturated rings. The first-order valence-electron chi connectivity index (χ1n) is 6.32. The summed E-state index contributed by atoms with van der Waals surface area (Å²) in [6.07, 6.45) is -4.11. The van der Waals surface area contributed by atoms with Gasteiger partial charge in [0.1, 0.15) is 5.75 Å². The molecule has 0 aliphatic carbocycles. The molecule has 0 aromatic heterocycles. The Morgan fingerprint density at radius 2 is 1.90 bits per heavy atom. The highest BCUT2D eigenvalue weighted by Crippen LogP contribution is 2.39. The van der Waals surface area contributed by atoms with Gasteiger partial charge in [0, 0.05) is 10.7 Å².